The summed E-state index contributed by atoms with van der Waals surface area (Å²) in [7, 11) is 0. The predicted molar refractivity (Wildman–Crippen MR) is 147 cm³/mol. The molecule has 11 heteroatoms. The number of nitrogens with zero attached hydrogens (tertiary/aromatic N) is 3. The Morgan fingerprint density at radius 3 is 2.74 bits per heavy atom. The number of carbonyl (C=O) groups excluding carboxylic acids is 3. The van der Waals surface area contributed by atoms with E-state index < -0.39 is 11.5 Å². The quantitative estimate of drug-likeness (QED) is 0.468. The predicted octanol–water partition coefficient (Wildman–Crippen LogP) is 2.52. The number of piperidine rings is 1. The van der Waals surface area contributed by atoms with Gasteiger partial charge in [0.25, 0.3) is 0 Å². The van der Waals surface area contributed by atoms with Crippen molar-refractivity contribution in [3.05, 3.63) is 17.2 Å². The Morgan fingerprint density at radius 1 is 1.24 bits per heavy atom. The van der Waals surface area contributed by atoms with Crippen molar-refractivity contribution >= 4 is 34.2 Å². The summed E-state index contributed by atoms with van der Waals surface area (Å²) >= 11 is 1.39. The van der Waals surface area contributed by atoms with Gasteiger partial charge in [0.05, 0.1) is 18.6 Å². The van der Waals surface area contributed by atoms with E-state index in [2.05, 4.69) is 57.0 Å². The average Bonchev–Trinajstić information content (AvgIpc) is 3.34. The lowest BCUT2D eigenvalue weighted by atomic mass is 9.74. The third-order valence-electron chi connectivity index (χ3n) is 7.92. The third-order valence-corrected chi connectivity index (χ3v) is 8.91. The fourth-order valence-electron chi connectivity index (χ4n) is 5.57. The lowest BCUT2D eigenvalue weighted by Crippen LogP contribution is -2.57. The molecule has 3 aliphatic heterocycles. The van der Waals surface area contributed by atoms with Crippen LogP contribution in [0, 0.1) is 17.3 Å². The number of fused-ring (bicyclic) bond motifs is 1. The van der Waals surface area contributed by atoms with Gasteiger partial charge in [-0.2, -0.15) is 0 Å². The second-order valence-corrected chi connectivity index (χ2v) is 12.3. The molecular formula is C27H42N6O4S. The molecule has 4 heterocycles. The Bertz CT molecular complexity index is 1000. The van der Waals surface area contributed by atoms with Gasteiger partial charge in [-0.3, -0.25) is 24.6 Å². The standard InChI is InChI=1S/C27H42N6O4S/c1-4-23-31-32-26(38-23)30-22(34)16-33-12-10-27(11-13-33)9-6-5-7-19-17-37-14-8-20(19)28-24(35)21(15-18(2)3)29-25(27)36/h5-6,18-21H,4,7-17H2,1-3H3,(H,28,35)(H,29,36)(H,30,32,34)/b6-5-/t19-,20+,21+/m0/s1. The van der Waals surface area contributed by atoms with Crippen LogP contribution in [-0.2, 0) is 25.5 Å². The molecule has 0 bridgehead atoms. The highest BCUT2D eigenvalue weighted by molar-refractivity contribution is 7.15. The number of rotatable bonds is 6. The number of likely N-dealkylation sites (tertiary alicyclic amines) is 1. The number of allylic oxidation sites excluding steroid dienone is 2. The van der Waals surface area contributed by atoms with Crippen molar-refractivity contribution in [1.29, 1.82) is 0 Å². The van der Waals surface area contributed by atoms with Gasteiger partial charge in [0.1, 0.15) is 11.0 Å². The second kappa shape index (κ2) is 13.1. The van der Waals surface area contributed by atoms with Crippen LogP contribution in [0.3, 0.4) is 0 Å². The lowest BCUT2D eigenvalue weighted by Gasteiger charge is -2.41. The molecule has 0 aliphatic carbocycles. The summed E-state index contributed by atoms with van der Waals surface area (Å²) in [5.41, 5.74) is -0.601. The zero-order chi connectivity index (χ0) is 27.1. The van der Waals surface area contributed by atoms with Crippen molar-refractivity contribution < 1.29 is 19.1 Å². The van der Waals surface area contributed by atoms with Gasteiger partial charge < -0.3 is 15.4 Å². The van der Waals surface area contributed by atoms with Crippen LogP contribution in [0.15, 0.2) is 12.2 Å². The molecule has 0 saturated carbocycles. The van der Waals surface area contributed by atoms with Gasteiger partial charge in [0.15, 0.2) is 0 Å². The minimum atomic E-state index is -0.601. The van der Waals surface area contributed by atoms with Gasteiger partial charge in [-0.25, -0.2) is 0 Å². The average molecular weight is 547 g/mol. The molecular weight excluding hydrogens is 504 g/mol. The zero-order valence-corrected chi connectivity index (χ0v) is 23.6. The molecule has 1 aromatic heterocycles. The third kappa shape index (κ3) is 7.39. The molecule has 38 heavy (non-hydrogen) atoms. The summed E-state index contributed by atoms with van der Waals surface area (Å²) in [6.45, 7) is 8.92. The first-order chi connectivity index (χ1) is 18.3. The molecule has 0 aromatic carbocycles. The summed E-state index contributed by atoms with van der Waals surface area (Å²) in [5.74, 6) is 0.220. The van der Waals surface area contributed by atoms with Crippen LogP contribution in [0.5, 0.6) is 0 Å². The van der Waals surface area contributed by atoms with E-state index in [1.807, 2.05) is 6.92 Å². The topological polar surface area (TPSA) is 126 Å². The normalized spacial score (nSPS) is 27.5. The number of carbonyl (C=O) groups is 3. The van der Waals surface area contributed by atoms with E-state index in [1.54, 1.807) is 0 Å². The maximum atomic E-state index is 13.8. The van der Waals surface area contributed by atoms with Gasteiger partial charge in [0.2, 0.25) is 22.9 Å². The second-order valence-electron chi connectivity index (χ2n) is 11.3. The molecule has 1 spiro atoms. The Morgan fingerprint density at radius 2 is 2.03 bits per heavy atom. The Labute approximate surface area is 229 Å². The molecule has 0 radical (unpaired) electrons. The molecule has 3 amide bonds. The number of nitrogens with one attached hydrogen (secondary N) is 3. The van der Waals surface area contributed by atoms with E-state index in [-0.39, 0.29) is 42.1 Å². The van der Waals surface area contributed by atoms with Crippen LogP contribution in [0.1, 0.15) is 64.3 Å². The van der Waals surface area contributed by atoms with Gasteiger partial charge in [-0.1, -0.05) is 44.3 Å². The highest BCUT2D eigenvalue weighted by atomic mass is 32.1. The smallest absolute Gasteiger partial charge is 0.242 e. The summed E-state index contributed by atoms with van der Waals surface area (Å²) in [6, 6.07) is -0.501. The highest BCUT2D eigenvalue weighted by Crippen LogP contribution is 2.37. The van der Waals surface area contributed by atoms with Crippen LogP contribution in [-0.4, -0.2) is 77.8 Å². The first kappa shape index (κ1) is 28.6. The fraction of sp³-hybridized carbons (Fsp3) is 0.741. The summed E-state index contributed by atoms with van der Waals surface area (Å²) in [6.07, 6.45) is 9.14. The van der Waals surface area contributed by atoms with Gasteiger partial charge >= 0.3 is 0 Å². The van der Waals surface area contributed by atoms with Crippen molar-refractivity contribution in [3.63, 3.8) is 0 Å². The van der Waals surface area contributed by atoms with Crippen LogP contribution >= 0.6 is 11.3 Å². The van der Waals surface area contributed by atoms with Crippen molar-refractivity contribution in [2.75, 3.05) is 38.2 Å². The van der Waals surface area contributed by atoms with E-state index >= 15 is 0 Å². The van der Waals surface area contributed by atoms with E-state index in [9.17, 15) is 14.4 Å². The zero-order valence-electron chi connectivity index (χ0n) is 22.8. The number of anilines is 1. The maximum Gasteiger partial charge on any atom is 0.242 e. The van der Waals surface area contributed by atoms with Crippen LogP contribution in [0.25, 0.3) is 0 Å². The number of aromatic nitrogens is 2. The summed E-state index contributed by atoms with van der Waals surface area (Å²) in [5, 5.41) is 18.7. The minimum absolute atomic E-state index is 0.0582. The number of hydrogen-bond donors (Lipinski definition) is 3. The van der Waals surface area contributed by atoms with E-state index in [0.717, 1.165) is 24.3 Å². The molecule has 210 valence electrons. The Balaban J connectivity index is 1.43. The number of hydrogen-bond acceptors (Lipinski definition) is 8. The van der Waals surface area contributed by atoms with E-state index in [0.29, 0.717) is 57.1 Å². The van der Waals surface area contributed by atoms with Gasteiger partial charge in [0, 0.05) is 18.6 Å². The maximum absolute atomic E-state index is 13.8. The first-order valence-corrected chi connectivity index (χ1v) is 14.8. The fourth-order valence-corrected chi connectivity index (χ4v) is 6.26. The summed E-state index contributed by atoms with van der Waals surface area (Å²) in [4.78, 5) is 41.8. The number of aryl methyl sites for hydroxylation is 1. The SMILES string of the molecule is CCc1nnc(NC(=O)CN2CCC3(C/C=C\C[C@H]4COCC[C@H]4NC(=O)[C@@H](CC(C)C)NC3=O)CC2)s1. The first-order valence-electron chi connectivity index (χ1n) is 14.0. The largest absolute Gasteiger partial charge is 0.381 e. The Hall–Kier alpha value is -2.37. The van der Waals surface area contributed by atoms with Crippen molar-refractivity contribution in [1.82, 2.24) is 25.7 Å². The molecule has 2 fully saturated rings. The molecule has 10 nitrogen and oxygen atoms in total. The van der Waals surface area contributed by atoms with Crippen LogP contribution < -0.4 is 16.0 Å². The van der Waals surface area contributed by atoms with Crippen molar-refractivity contribution in [2.24, 2.45) is 17.3 Å². The van der Waals surface area contributed by atoms with Gasteiger partial charge in [-0.15, -0.1) is 10.2 Å². The van der Waals surface area contributed by atoms with Crippen molar-refractivity contribution in [2.45, 2.75) is 77.8 Å². The molecule has 3 aliphatic rings. The van der Waals surface area contributed by atoms with Crippen LogP contribution in [0.4, 0.5) is 5.13 Å². The van der Waals surface area contributed by atoms with Crippen molar-refractivity contribution in [3.8, 4) is 0 Å². The highest BCUT2D eigenvalue weighted by Gasteiger charge is 2.42. The molecule has 3 atom stereocenters. The number of amides is 3. The summed E-state index contributed by atoms with van der Waals surface area (Å²) < 4.78 is 5.70. The molecule has 4 rings (SSSR count). The lowest BCUT2D eigenvalue weighted by molar-refractivity contribution is -0.138. The number of ether oxygens (including phenoxy) is 1. The van der Waals surface area contributed by atoms with E-state index in [1.165, 1.54) is 11.3 Å². The molecule has 2 saturated heterocycles. The minimum Gasteiger partial charge on any atom is -0.381 e. The van der Waals surface area contributed by atoms with E-state index in [4.69, 9.17) is 4.74 Å². The monoisotopic (exact) mass is 546 g/mol. The Kier molecular flexibility index (Phi) is 9.89. The molecule has 0 unspecified atom stereocenters. The molecule has 1 aromatic rings. The van der Waals surface area contributed by atoms with Gasteiger partial charge in [-0.05, 0) is 64.0 Å². The van der Waals surface area contributed by atoms with Crippen LogP contribution in [0.2, 0.25) is 0 Å². The molecule has 3 N–H and O–H groups in total.